The molecule has 0 atom stereocenters. The Hall–Kier alpha value is -1.57. The Bertz CT molecular complexity index is 756. The highest BCUT2D eigenvalue weighted by molar-refractivity contribution is 7.94. The van der Waals surface area contributed by atoms with Crippen molar-refractivity contribution in [2.75, 3.05) is 18.8 Å². The first kappa shape index (κ1) is 15.8. The molecule has 0 bridgehead atoms. The van der Waals surface area contributed by atoms with E-state index in [1.807, 2.05) is 0 Å². The maximum absolute atomic E-state index is 12.2. The van der Waals surface area contributed by atoms with Gasteiger partial charge in [0.1, 0.15) is 4.21 Å². The number of benzene rings is 1. The largest absolute Gasteiger partial charge is 0.345 e. The number of thiophene rings is 1. The van der Waals surface area contributed by atoms with Crippen LogP contribution in [0, 0.1) is 0 Å². The summed E-state index contributed by atoms with van der Waals surface area (Å²) < 4.78 is 26.9. The van der Waals surface area contributed by atoms with Crippen LogP contribution in [0.25, 0.3) is 0 Å². The van der Waals surface area contributed by atoms with Gasteiger partial charge in [0.2, 0.25) is 0 Å². The summed E-state index contributed by atoms with van der Waals surface area (Å²) >= 11 is 7.10. The summed E-state index contributed by atoms with van der Waals surface area (Å²) in [5.41, 5.74) is 0.533. The van der Waals surface area contributed by atoms with Crippen molar-refractivity contribution >= 4 is 44.6 Å². The maximum atomic E-state index is 12.2. The van der Waals surface area contributed by atoms with Crippen LogP contribution in [0.15, 0.2) is 39.9 Å². The first-order chi connectivity index (χ1) is 9.81. The van der Waals surface area contributed by atoms with Gasteiger partial charge in [-0.1, -0.05) is 17.7 Å². The van der Waals surface area contributed by atoms with E-state index in [4.69, 9.17) is 11.6 Å². The lowest BCUT2D eigenvalue weighted by atomic mass is 10.2. The molecule has 0 unspecified atom stereocenters. The molecule has 112 valence electrons. The Kier molecular flexibility index (Phi) is 4.55. The van der Waals surface area contributed by atoms with Gasteiger partial charge in [0.15, 0.2) is 0 Å². The zero-order chi connectivity index (χ0) is 15.6. The van der Waals surface area contributed by atoms with E-state index in [1.54, 1.807) is 31.6 Å². The SMILES string of the molecule is CN(C)C(=O)c1ccc(Cl)c(NS(=O)(=O)c2cccs2)c1. The van der Waals surface area contributed by atoms with Gasteiger partial charge >= 0.3 is 0 Å². The summed E-state index contributed by atoms with van der Waals surface area (Å²) in [6, 6.07) is 7.61. The molecule has 1 heterocycles. The van der Waals surface area contributed by atoms with Crippen LogP contribution in [0.3, 0.4) is 0 Å². The van der Waals surface area contributed by atoms with Crippen LogP contribution < -0.4 is 4.72 Å². The second-order valence-electron chi connectivity index (χ2n) is 4.43. The summed E-state index contributed by atoms with van der Waals surface area (Å²) in [6.45, 7) is 0. The van der Waals surface area contributed by atoms with Crippen molar-refractivity contribution in [2.24, 2.45) is 0 Å². The second kappa shape index (κ2) is 6.05. The molecule has 5 nitrogen and oxygen atoms in total. The molecule has 2 rings (SSSR count). The Morgan fingerprint density at radius 2 is 2.00 bits per heavy atom. The Morgan fingerprint density at radius 3 is 2.57 bits per heavy atom. The van der Waals surface area contributed by atoms with E-state index in [1.165, 1.54) is 23.1 Å². The van der Waals surface area contributed by atoms with Gasteiger partial charge in [-0.3, -0.25) is 9.52 Å². The average molecular weight is 345 g/mol. The molecule has 0 radical (unpaired) electrons. The Balaban J connectivity index is 2.36. The number of hydrogen-bond acceptors (Lipinski definition) is 4. The van der Waals surface area contributed by atoms with Gasteiger partial charge in [0.25, 0.3) is 15.9 Å². The first-order valence-electron chi connectivity index (χ1n) is 5.89. The summed E-state index contributed by atoms with van der Waals surface area (Å²) in [7, 11) is -0.461. The quantitative estimate of drug-likeness (QED) is 0.927. The van der Waals surface area contributed by atoms with Gasteiger partial charge in [0, 0.05) is 19.7 Å². The fraction of sp³-hybridized carbons (Fsp3) is 0.154. The van der Waals surface area contributed by atoms with E-state index in [0.29, 0.717) is 5.56 Å². The maximum Gasteiger partial charge on any atom is 0.271 e. The number of carbonyl (C=O) groups is 1. The standard InChI is InChI=1S/C13H13ClN2O3S2/c1-16(2)13(17)9-5-6-10(14)11(8-9)15-21(18,19)12-4-3-7-20-12/h3-8,15H,1-2H3. The molecule has 0 aliphatic heterocycles. The van der Waals surface area contributed by atoms with Crippen molar-refractivity contribution in [3.05, 3.63) is 46.3 Å². The van der Waals surface area contributed by atoms with Gasteiger partial charge in [0.05, 0.1) is 10.7 Å². The summed E-state index contributed by atoms with van der Waals surface area (Å²) in [4.78, 5) is 13.3. The molecule has 0 fully saturated rings. The number of sulfonamides is 1. The average Bonchev–Trinajstić information content (AvgIpc) is 2.95. The van der Waals surface area contributed by atoms with Crippen molar-refractivity contribution in [1.82, 2.24) is 4.90 Å². The van der Waals surface area contributed by atoms with E-state index in [2.05, 4.69) is 4.72 Å². The summed E-state index contributed by atoms with van der Waals surface area (Å²) in [5.74, 6) is -0.233. The highest BCUT2D eigenvalue weighted by atomic mass is 35.5. The number of rotatable bonds is 4. The molecule has 1 aromatic carbocycles. The molecule has 1 aromatic heterocycles. The molecule has 8 heteroatoms. The van der Waals surface area contributed by atoms with E-state index >= 15 is 0 Å². The minimum atomic E-state index is -3.70. The number of carbonyl (C=O) groups excluding carboxylic acids is 1. The fourth-order valence-corrected chi connectivity index (χ4v) is 3.89. The van der Waals surface area contributed by atoms with Crippen LogP contribution in [-0.4, -0.2) is 33.3 Å². The predicted molar refractivity (Wildman–Crippen MR) is 84.6 cm³/mol. The Morgan fingerprint density at radius 1 is 1.29 bits per heavy atom. The third kappa shape index (κ3) is 3.55. The smallest absolute Gasteiger partial charge is 0.271 e. The lowest BCUT2D eigenvalue weighted by Gasteiger charge is -2.13. The summed E-state index contributed by atoms with van der Waals surface area (Å²) in [5, 5.41) is 1.90. The normalized spacial score (nSPS) is 11.2. The highest BCUT2D eigenvalue weighted by Gasteiger charge is 2.18. The van der Waals surface area contributed by atoms with Gasteiger partial charge in [-0.25, -0.2) is 8.42 Å². The minimum absolute atomic E-state index is 0.178. The molecule has 21 heavy (non-hydrogen) atoms. The highest BCUT2D eigenvalue weighted by Crippen LogP contribution is 2.27. The zero-order valence-corrected chi connectivity index (χ0v) is 13.7. The van der Waals surface area contributed by atoms with Gasteiger partial charge in [-0.15, -0.1) is 11.3 Å². The van der Waals surface area contributed by atoms with Crippen molar-refractivity contribution in [3.63, 3.8) is 0 Å². The third-order valence-electron chi connectivity index (χ3n) is 2.62. The second-order valence-corrected chi connectivity index (χ2v) is 7.70. The predicted octanol–water partition coefficient (Wildman–Crippen LogP) is 2.90. The number of nitrogens with zero attached hydrogens (tertiary/aromatic N) is 1. The zero-order valence-electron chi connectivity index (χ0n) is 11.3. The molecule has 0 saturated heterocycles. The lowest BCUT2D eigenvalue weighted by molar-refractivity contribution is 0.0827. The van der Waals surface area contributed by atoms with Crippen molar-refractivity contribution in [1.29, 1.82) is 0 Å². The summed E-state index contributed by atoms with van der Waals surface area (Å²) in [6.07, 6.45) is 0. The lowest BCUT2D eigenvalue weighted by Crippen LogP contribution is -2.22. The number of anilines is 1. The molecule has 0 saturated carbocycles. The molecule has 0 spiro atoms. The fourth-order valence-electron chi connectivity index (χ4n) is 1.61. The monoisotopic (exact) mass is 344 g/mol. The molecule has 1 amide bonds. The van der Waals surface area contributed by atoms with Crippen LogP contribution in [0.2, 0.25) is 5.02 Å². The molecule has 0 aliphatic rings. The topological polar surface area (TPSA) is 66.5 Å². The molecule has 0 aliphatic carbocycles. The third-order valence-corrected chi connectivity index (χ3v) is 5.72. The number of hydrogen-bond donors (Lipinski definition) is 1. The van der Waals surface area contributed by atoms with Gasteiger partial charge in [-0.05, 0) is 29.6 Å². The van der Waals surface area contributed by atoms with Crippen LogP contribution >= 0.6 is 22.9 Å². The minimum Gasteiger partial charge on any atom is -0.345 e. The molecule has 1 N–H and O–H groups in total. The van der Waals surface area contributed by atoms with Crippen LogP contribution in [0.4, 0.5) is 5.69 Å². The van der Waals surface area contributed by atoms with E-state index < -0.39 is 10.0 Å². The van der Waals surface area contributed by atoms with Crippen molar-refractivity contribution in [2.45, 2.75) is 4.21 Å². The van der Waals surface area contributed by atoms with Crippen LogP contribution in [0.1, 0.15) is 10.4 Å². The van der Waals surface area contributed by atoms with Crippen molar-refractivity contribution < 1.29 is 13.2 Å². The van der Waals surface area contributed by atoms with Crippen LogP contribution in [0.5, 0.6) is 0 Å². The molecular weight excluding hydrogens is 332 g/mol. The molecule has 2 aromatic rings. The first-order valence-corrected chi connectivity index (χ1v) is 8.63. The van der Waals surface area contributed by atoms with Crippen molar-refractivity contribution in [3.8, 4) is 0 Å². The van der Waals surface area contributed by atoms with E-state index in [0.717, 1.165) is 11.3 Å². The van der Waals surface area contributed by atoms with Crippen LogP contribution in [-0.2, 0) is 10.0 Å². The Labute approximate surface area is 132 Å². The number of nitrogens with one attached hydrogen (secondary N) is 1. The van der Waals surface area contributed by atoms with Gasteiger partial charge < -0.3 is 4.90 Å². The van der Waals surface area contributed by atoms with E-state index in [9.17, 15) is 13.2 Å². The molecular formula is C13H13ClN2O3S2. The van der Waals surface area contributed by atoms with Gasteiger partial charge in [-0.2, -0.15) is 0 Å². The number of amides is 1. The number of halogens is 1. The van der Waals surface area contributed by atoms with E-state index in [-0.39, 0.29) is 20.8 Å².